The maximum atomic E-state index is 11.8. The second kappa shape index (κ2) is 5.48. The normalized spacial score (nSPS) is 20.4. The van der Waals surface area contributed by atoms with E-state index in [1.165, 1.54) is 0 Å². The van der Waals surface area contributed by atoms with Crippen LogP contribution in [0.2, 0.25) is 0 Å². The maximum Gasteiger partial charge on any atom is 0.253 e. The van der Waals surface area contributed by atoms with E-state index in [9.17, 15) is 4.79 Å². The van der Waals surface area contributed by atoms with Crippen LogP contribution in [0.25, 0.3) is 0 Å². The topological polar surface area (TPSA) is 61.6 Å². The summed E-state index contributed by atoms with van der Waals surface area (Å²) in [5.74, 6) is -0.137. The van der Waals surface area contributed by atoms with E-state index in [-0.39, 0.29) is 5.91 Å². The van der Waals surface area contributed by atoms with Crippen molar-refractivity contribution in [1.29, 1.82) is 0 Å². The molecule has 1 heterocycles. The summed E-state index contributed by atoms with van der Waals surface area (Å²) in [6.45, 7) is 5.18. The third-order valence-electron chi connectivity index (χ3n) is 3.83. The van der Waals surface area contributed by atoms with Gasteiger partial charge in [-0.05, 0) is 32.2 Å². The highest BCUT2D eigenvalue weighted by Gasteiger charge is 2.21. The van der Waals surface area contributed by atoms with Crippen LogP contribution in [-0.2, 0) is 0 Å². The van der Waals surface area contributed by atoms with Crippen LogP contribution in [0.5, 0.6) is 0 Å². The highest BCUT2D eigenvalue weighted by Crippen LogP contribution is 2.23. The number of nitrogens with one attached hydrogen (secondary N) is 1. The van der Waals surface area contributed by atoms with Crippen LogP contribution in [-0.4, -0.2) is 50.6 Å². The number of carbonyl (C=O) groups excluding carboxylic acids is 1. The molecule has 0 spiro atoms. The van der Waals surface area contributed by atoms with E-state index >= 15 is 0 Å². The Morgan fingerprint density at radius 3 is 2.79 bits per heavy atom. The number of nitrogens with two attached hydrogens (primary N) is 1. The molecule has 19 heavy (non-hydrogen) atoms. The molecule has 1 aromatic carbocycles. The summed E-state index contributed by atoms with van der Waals surface area (Å²) in [5.41, 5.74) is 7.99. The van der Waals surface area contributed by atoms with Crippen molar-refractivity contribution < 1.29 is 4.79 Å². The van der Waals surface area contributed by atoms with E-state index in [1.54, 1.807) is 7.05 Å². The van der Waals surface area contributed by atoms with Crippen molar-refractivity contribution in [3.63, 3.8) is 0 Å². The fourth-order valence-corrected chi connectivity index (χ4v) is 2.36. The van der Waals surface area contributed by atoms with Crippen molar-refractivity contribution in [3.05, 3.63) is 23.8 Å². The summed E-state index contributed by atoms with van der Waals surface area (Å²) < 4.78 is 0. The smallest absolute Gasteiger partial charge is 0.253 e. The number of anilines is 2. The third-order valence-corrected chi connectivity index (χ3v) is 3.83. The lowest BCUT2D eigenvalue weighted by Crippen LogP contribution is -2.50. The molecule has 0 radical (unpaired) electrons. The van der Waals surface area contributed by atoms with Gasteiger partial charge in [-0.25, -0.2) is 0 Å². The Balaban J connectivity index is 2.24. The maximum absolute atomic E-state index is 11.8. The highest BCUT2D eigenvalue weighted by molar-refractivity contribution is 6.00. The molecule has 1 aliphatic heterocycles. The zero-order chi connectivity index (χ0) is 14.0. The number of nitrogen functional groups attached to an aromatic ring is 1. The minimum atomic E-state index is -0.137. The SMILES string of the molecule is CNC(=O)c1cc(N2CCN(C)C(C)C2)ccc1N. The molecule has 5 nitrogen and oxygen atoms in total. The van der Waals surface area contributed by atoms with Gasteiger partial charge in [0.25, 0.3) is 5.91 Å². The van der Waals surface area contributed by atoms with Gasteiger partial charge in [0, 0.05) is 44.1 Å². The number of rotatable bonds is 2. The first-order chi connectivity index (χ1) is 9.02. The Morgan fingerprint density at radius 1 is 1.42 bits per heavy atom. The van der Waals surface area contributed by atoms with Crippen molar-refractivity contribution >= 4 is 17.3 Å². The average molecular weight is 262 g/mol. The number of piperazine rings is 1. The number of nitrogens with zero attached hydrogens (tertiary/aromatic N) is 2. The molecule has 3 N–H and O–H groups in total. The second-order valence-corrected chi connectivity index (χ2v) is 5.13. The Bertz CT molecular complexity index is 475. The zero-order valence-electron chi connectivity index (χ0n) is 11.8. The first-order valence-corrected chi connectivity index (χ1v) is 6.59. The summed E-state index contributed by atoms with van der Waals surface area (Å²) >= 11 is 0. The summed E-state index contributed by atoms with van der Waals surface area (Å²) in [5, 5.41) is 2.62. The van der Waals surface area contributed by atoms with E-state index in [4.69, 9.17) is 5.73 Å². The van der Waals surface area contributed by atoms with Crippen LogP contribution in [0.3, 0.4) is 0 Å². The summed E-state index contributed by atoms with van der Waals surface area (Å²) in [6, 6.07) is 6.18. The van der Waals surface area contributed by atoms with E-state index in [2.05, 4.69) is 29.1 Å². The molecular formula is C14H22N4O. The molecule has 104 valence electrons. The third kappa shape index (κ3) is 2.81. The first kappa shape index (κ1) is 13.7. The number of benzene rings is 1. The van der Waals surface area contributed by atoms with Gasteiger partial charge in [0.2, 0.25) is 0 Å². The van der Waals surface area contributed by atoms with Gasteiger partial charge in [0.1, 0.15) is 0 Å². The molecule has 1 saturated heterocycles. The molecule has 1 aliphatic rings. The lowest BCUT2D eigenvalue weighted by Gasteiger charge is -2.39. The van der Waals surface area contributed by atoms with Crippen LogP contribution in [0.1, 0.15) is 17.3 Å². The molecule has 1 aromatic rings. The van der Waals surface area contributed by atoms with Gasteiger partial charge >= 0.3 is 0 Å². The quantitative estimate of drug-likeness (QED) is 0.773. The van der Waals surface area contributed by atoms with Crippen LogP contribution in [0, 0.1) is 0 Å². The first-order valence-electron chi connectivity index (χ1n) is 6.59. The van der Waals surface area contributed by atoms with Gasteiger partial charge in [-0.2, -0.15) is 0 Å². The molecule has 2 rings (SSSR count). The standard InChI is InChI=1S/C14H22N4O/c1-10-9-18(7-6-17(10)3)11-4-5-13(15)12(8-11)14(19)16-2/h4-5,8,10H,6-7,9,15H2,1-3H3,(H,16,19). The van der Waals surface area contributed by atoms with Gasteiger partial charge < -0.3 is 20.9 Å². The molecule has 0 bridgehead atoms. The summed E-state index contributed by atoms with van der Waals surface area (Å²) in [4.78, 5) is 16.4. The minimum Gasteiger partial charge on any atom is -0.398 e. The van der Waals surface area contributed by atoms with Crippen LogP contribution >= 0.6 is 0 Å². The zero-order valence-corrected chi connectivity index (χ0v) is 11.8. The van der Waals surface area contributed by atoms with Crippen molar-refractivity contribution in [1.82, 2.24) is 10.2 Å². The van der Waals surface area contributed by atoms with Gasteiger partial charge in [-0.3, -0.25) is 4.79 Å². The van der Waals surface area contributed by atoms with Crippen LogP contribution in [0.15, 0.2) is 18.2 Å². The van der Waals surface area contributed by atoms with Crippen molar-refractivity contribution in [2.75, 3.05) is 44.4 Å². The number of amides is 1. The molecule has 1 atom stereocenters. The molecule has 0 aliphatic carbocycles. The lowest BCUT2D eigenvalue weighted by atomic mass is 10.1. The van der Waals surface area contributed by atoms with Crippen LogP contribution < -0.4 is 16.0 Å². The van der Waals surface area contributed by atoms with Gasteiger partial charge in [-0.1, -0.05) is 0 Å². The molecule has 5 heteroatoms. The fraction of sp³-hybridized carbons (Fsp3) is 0.500. The van der Waals surface area contributed by atoms with Gasteiger partial charge in [-0.15, -0.1) is 0 Å². The molecule has 1 amide bonds. The molecule has 0 saturated carbocycles. The monoisotopic (exact) mass is 262 g/mol. The summed E-state index contributed by atoms with van der Waals surface area (Å²) in [6.07, 6.45) is 0. The Morgan fingerprint density at radius 2 is 2.16 bits per heavy atom. The van der Waals surface area contributed by atoms with E-state index < -0.39 is 0 Å². The number of likely N-dealkylation sites (N-methyl/N-ethyl adjacent to an activating group) is 1. The second-order valence-electron chi connectivity index (χ2n) is 5.13. The van der Waals surface area contributed by atoms with E-state index in [0.717, 1.165) is 25.3 Å². The lowest BCUT2D eigenvalue weighted by molar-refractivity contribution is 0.0964. The molecule has 1 fully saturated rings. The predicted molar refractivity (Wildman–Crippen MR) is 78.5 cm³/mol. The number of hydrogen-bond donors (Lipinski definition) is 2. The average Bonchev–Trinajstić information content (AvgIpc) is 2.41. The van der Waals surface area contributed by atoms with Crippen LogP contribution in [0.4, 0.5) is 11.4 Å². The van der Waals surface area contributed by atoms with E-state index in [0.29, 0.717) is 17.3 Å². The largest absolute Gasteiger partial charge is 0.398 e. The van der Waals surface area contributed by atoms with Crippen molar-refractivity contribution in [2.24, 2.45) is 0 Å². The number of carbonyl (C=O) groups is 1. The predicted octanol–water partition coefficient (Wildman–Crippen LogP) is 0.769. The minimum absolute atomic E-state index is 0.137. The van der Waals surface area contributed by atoms with Crippen molar-refractivity contribution in [2.45, 2.75) is 13.0 Å². The highest BCUT2D eigenvalue weighted by atomic mass is 16.1. The molecular weight excluding hydrogens is 240 g/mol. The van der Waals surface area contributed by atoms with Gasteiger partial charge in [0.05, 0.1) is 5.56 Å². The molecule has 1 unspecified atom stereocenters. The Kier molecular flexibility index (Phi) is 3.95. The Hall–Kier alpha value is -1.75. The summed E-state index contributed by atoms with van der Waals surface area (Å²) in [7, 11) is 3.76. The van der Waals surface area contributed by atoms with E-state index in [1.807, 2.05) is 18.2 Å². The fourth-order valence-electron chi connectivity index (χ4n) is 2.36. The number of hydrogen-bond acceptors (Lipinski definition) is 4. The Labute approximate surface area is 114 Å². The van der Waals surface area contributed by atoms with Crippen molar-refractivity contribution in [3.8, 4) is 0 Å². The molecule has 0 aromatic heterocycles. The van der Waals surface area contributed by atoms with Gasteiger partial charge in [0.15, 0.2) is 0 Å².